The number of nitrogens with one attached hydrogen (secondary N) is 1. The molecule has 1 aromatic heterocycles. The molecule has 1 aliphatic carbocycles. The van der Waals surface area contributed by atoms with E-state index in [1.807, 2.05) is 0 Å². The summed E-state index contributed by atoms with van der Waals surface area (Å²) >= 11 is 0. The van der Waals surface area contributed by atoms with Crippen molar-refractivity contribution < 1.29 is 0 Å². The Bertz CT molecular complexity index is 628. The predicted octanol–water partition coefficient (Wildman–Crippen LogP) is 4.18. The Kier molecular flexibility index (Phi) is 3.62. The van der Waals surface area contributed by atoms with Crippen molar-refractivity contribution in [3.8, 4) is 0 Å². The van der Waals surface area contributed by atoms with E-state index in [0.717, 1.165) is 11.3 Å². The second-order valence-corrected chi connectivity index (χ2v) is 6.00. The van der Waals surface area contributed by atoms with E-state index in [-0.39, 0.29) is 0 Å². The van der Waals surface area contributed by atoms with Crippen LogP contribution in [0.4, 0.5) is 5.82 Å². The van der Waals surface area contributed by atoms with E-state index in [4.69, 9.17) is 10.8 Å². The number of anilines is 1. The molecule has 1 saturated carbocycles. The van der Waals surface area contributed by atoms with E-state index in [2.05, 4.69) is 37.5 Å². The number of fused-ring (bicyclic) bond motifs is 1. The van der Waals surface area contributed by atoms with Crippen molar-refractivity contribution in [2.45, 2.75) is 51.9 Å². The van der Waals surface area contributed by atoms with Crippen LogP contribution in [0.3, 0.4) is 0 Å². The molecular formula is C17H23N3. The maximum atomic E-state index is 5.72. The van der Waals surface area contributed by atoms with Crippen LogP contribution in [0.25, 0.3) is 10.9 Å². The fourth-order valence-corrected chi connectivity index (χ4v) is 3.39. The van der Waals surface area contributed by atoms with E-state index in [9.17, 15) is 0 Å². The molecule has 1 heterocycles. The van der Waals surface area contributed by atoms with Crippen LogP contribution in [-0.2, 0) is 0 Å². The second kappa shape index (κ2) is 5.41. The van der Waals surface area contributed by atoms with Gasteiger partial charge in [0.2, 0.25) is 0 Å². The summed E-state index contributed by atoms with van der Waals surface area (Å²) in [6.07, 6.45) is 6.51. The van der Waals surface area contributed by atoms with Crippen LogP contribution in [0.15, 0.2) is 18.2 Å². The molecule has 0 amide bonds. The normalized spacial score (nSPS) is 16.6. The van der Waals surface area contributed by atoms with Crippen LogP contribution >= 0.6 is 0 Å². The summed E-state index contributed by atoms with van der Waals surface area (Å²) < 4.78 is 0. The molecule has 3 N–H and O–H groups in total. The molecule has 3 rings (SSSR count). The molecule has 106 valence electrons. The second-order valence-electron chi connectivity index (χ2n) is 6.00. The molecule has 0 bridgehead atoms. The van der Waals surface area contributed by atoms with Crippen LogP contribution < -0.4 is 11.3 Å². The highest BCUT2D eigenvalue weighted by Crippen LogP contribution is 2.37. The molecule has 0 saturated heterocycles. The quantitative estimate of drug-likeness (QED) is 0.635. The number of nitrogens with two attached hydrogens (primary N) is 1. The monoisotopic (exact) mass is 269 g/mol. The smallest absolute Gasteiger partial charge is 0.144 e. The molecule has 0 unspecified atom stereocenters. The van der Waals surface area contributed by atoms with Gasteiger partial charge in [-0.2, -0.15) is 0 Å². The van der Waals surface area contributed by atoms with Gasteiger partial charge in [0.25, 0.3) is 0 Å². The molecule has 1 fully saturated rings. The van der Waals surface area contributed by atoms with Gasteiger partial charge >= 0.3 is 0 Å². The highest BCUT2D eigenvalue weighted by molar-refractivity contribution is 5.87. The lowest BCUT2D eigenvalue weighted by molar-refractivity contribution is 0.444. The molecule has 20 heavy (non-hydrogen) atoms. The maximum Gasteiger partial charge on any atom is 0.144 e. The number of nitrogens with zero attached hydrogens (tertiary/aromatic N) is 1. The third-order valence-corrected chi connectivity index (χ3v) is 4.62. The van der Waals surface area contributed by atoms with Crippen molar-refractivity contribution in [2.75, 3.05) is 5.43 Å². The molecule has 2 aromatic rings. The van der Waals surface area contributed by atoms with Crippen molar-refractivity contribution in [1.82, 2.24) is 4.98 Å². The van der Waals surface area contributed by atoms with Gasteiger partial charge in [-0.1, -0.05) is 31.4 Å². The number of hydrogen-bond acceptors (Lipinski definition) is 3. The van der Waals surface area contributed by atoms with Gasteiger partial charge in [0.15, 0.2) is 0 Å². The molecule has 3 heteroatoms. The van der Waals surface area contributed by atoms with Gasteiger partial charge in [-0.3, -0.25) is 0 Å². The third kappa shape index (κ3) is 2.27. The summed E-state index contributed by atoms with van der Waals surface area (Å²) in [5.41, 5.74) is 7.68. The van der Waals surface area contributed by atoms with Crippen LogP contribution in [0, 0.1) is 13.8 Å². The van der Waals surface area contributed by atoms with E-state index >= 15 is 0 Å². The molecule has 0 aliphatic heterocycles. The highest BCUT2D eigenvalue weighted by atomic mass is 15.2. The van der Waals surface area contributed by atoms with Crippen molar-refractivity contribution in [3.05, 3.63) is 34.9 Å². The average molecular weight is 269 g/mol. The standard InChI is InChI=1S/C17H23N3/c1-11-8-9-12(2)16-14(11)10-15(17(19-16)20-18)13-6-4-3-5-7-13/h8-10,13H,3-7,18H2,1-2H3,(H,19,20). The fraction of sp³-hybridized carbons (Fsp3) is 0.471. The first-order chi connectivity index (χ1) is 9.70. The van der Waals surface area contributed by atoms with Crippen molar-refractivity contribution in [3.63, 3.8) is 0 Å². The van der Waals surface area contributed by atoms with Gasteiger partial charge in [0.1, 0.15) is 5.82 Å². The van der Waals surface area contributed by atoms with Gasteiger partial charge in [-0.15, -0.1) is 0 Å². The first kappa shape index (κ1) is 13.4. The largest absolute Gasteiger partial charge is 0.308 e. The molecule has 3 nitrogen and oxygen atoms in total. The zero-order valence-corrected chi connectivity index (χ0v) is 12.4. The summed E-state index contributed by atoms with van der Waals surface area (Å²) in [5, 5.41) is 1.27. The van der Waals surface area contributed by atoms with Gasteiger partial charge in [0.05, 0.1) is 5.52 Å². The summed E-state index contributed by atoms with van der Waals surface area (Å²) in [5.74, 6) is 7.19. The Hall–Kier alpha value is -1.61. The maximum absolute atomic E-state index is 5.72. The summed E-state index contributed by atoms with van der Waals surface area (Å²) in [6.45, 7) is 4.26. The minimum atomic E-state index is 0.603. The first-order valence-electron chi connectivity index (χ1n) is 7.58. The first-order valence-corrected chi connectivity index (χ1v) is 7.58. The summed E-state index contributed by atoms with van der Waals surface area (Å²) in [7, 11) is 0. The highest BCUT2D eigenvalue weighted by Gasteiger charge is 2.20. The lowest BCUT2D eigenvalue weighted by Crippen LogP contribution is -2.15. The molecule has 0 radical (unpaired) electrons. The van der Waals surface area contributed by atoms with Crippen LogP contribution in [-0.4, -0.2) is 4.98 Å². The van der Waals surface area contributed by atoms with Crippen LogP contribution in [0.2, 0.25) is 0 Å². The molecular weight excluding hydrogens is 246 g/mol. The number of aromatic nitrogens is 1. The summed E-state index contributed by atoms with van der Waals surface area (Å²) in [4.78, 5) is 4.79. The number of hydrazine groups is 1. The molecule has 1 aromatic carbocycles. The Labute approximate surface area is 120 Å². The van der Waals surface area contributed by atoms with Crippen molar-refractivity contribution in [1.29, 1.82) is 0 Å². The predicted molar refractivity (Wildman–Crippen MR) is 84.9 cm³/mol. The topological polar surface area (TPSA) is 50.9 Å². The Morgan fingerprint density at radius 3 is 2.50 bits per heavy atom. The average Bonchev–Trinajstić information content (AvgIpc) is 2.51. The van der Waals surface area contributed by atoms with E-state index in [1.54, 1.807) is 0 Å². The minimum absolute atomic E-state index is 0.603. The zero-order valence-electron chi connectivity index (χ0n) is 12.4. The van der Waals surface area contributed by atoms with E-state index in [1.165, 1.54) is 54.2 Å². The lowest BCUT2D eigenvalue weighted by Gasteiger charge is -2.24. The Morgan fingerprint density at radius 1 is 1.10 bits per heavy atom. The molecule has 0 spiro atoms. The van der Waals surface area contributed by atoms with Gasteiger partial charge < -0.3 is 5.43 Å². The number of nitrogen functional groups attached to an aromatic ring is 1. The van der Waals surface area contributed by atoms with Crippen LogP contribution in [0.5, 0.6) is 0 Å². The van der Waals surface area contributed by atoms with Gasteiger partial charge in [-0.25, -0.2) is 10.8 Å². The van der Waals surface area contributed by atoms with E-state index < -0.39 is 0 Å². The van der Waals surface area contributed by atoms with Crippen molar-refractivity contribution >= 4 is 16.7 Å². The van der Waals surface area contributed by atoms with Crippen LogP contribution in [0.1, 0.15) is 54.7 Å². The van der Waals surface area contributed by atoms with Gasteiger partial charge in [-0.05, 0) is 55.4 Å². The molecule has 1 aliphatic rings. The Morgan fingerprint density at radius 2 is 1.80 bits per heavy atom. The number of hydrogen-bond donors (Lipinski definition) is 2. The third-order valence-electron chi connectivity index (χ3n) is 4.62. The Balaban J connectivity index is 2.17. The number of rotatable bonds is 2. The SMILES string of the molecule is Cc1ccc(C)c2nc(NN)c(C3CCCCC3)cc12. The zero-order chi connectivity index (χ0) is 14.1. The summed E-state index contributed by atoms with van der Waals surface area (Å²) in [6, 6.07) is 6.63. The minimum Gasteiger partial charge on any atom is -0.308 e. The number of aryl methyl sites for hydroxylation is 2. The molecule has 0 atom stereocenters. The fourth-order valence-electron chi connectivity index (χ4n) is 3.39. The van der Waals surface area contributed by atoms with Gasteiger partial charge in [0, 0.05) is 5.39 Å². The van der Waals surface area contributed by atoms with E-state index in [0.29, 0.717) is 5.92 Å². The number of pyridine rings is 1. The number of benzene rings is 1. The van der Waals surface area contributed by atoms with Crippen molar-refractivity contribution in [2.24, 2.45) is 5.84 Å². The lowest BCUT2D eigenvalue weighted by atomic mass is 9.83.